The van der Waals surface area contributed by atoms with Crippen LogP contribution < -0.4 is 0 Å². The zero-order valence-corrected chi connectivity index (χ0v) is 14.1. The SMILES string of the molecule is O=C(c1ccncc1)N1CCC[C@@H](Cc2cncc3ccccc23)C1. The Labute approximate surface area is 147 Å². The van der Waals surface area contributed by atoms with E-state index in [0.717, 1.165) is 37.9 Å². The largest absolute Gasteiger partial charge is 0.338 e. The average Bonchev–Trinajstić information content (AvgIpc) is 2.69. The summed E-state index contributed by atoms with van der Waals surface area (Å²) < 4.78 is 0. The van der Waals surface area contributed by atoms with E-state index in [1.165, 1.54) is 16.3 Å². The van der Waals surface area contributed by atoms with Crippen molar-refractivity contribution in [2.24, 2.45) is 5.92 Å². The Morgan fingerprint density at radius 2 is 1.92 bits per heavy atom. The summed E-state index contributed by atoms with van der Waals surface area (Å²) in [6.07, 6.45) is 10.4. The van der Waals surface area contributed by atoms with E-state index in [1.807, 2.05) is 23.4 Å². The van der Waals surface area contributed by atoms with E-state index in [9.17, 15) is 4.79 Å². The van der Waals surface area contributed by atoms with E-state index in [4.69, 9.17) is 0 Å². The smallest absolute Gasteiger partial charge is 0.253 e. The van der Waals surface area contributed by atoms with E-state index in [2.05, 4.69) is 28.2 Å². The van der Waals surface area contributed by atoms with Gasteiger partial charge in [-0.25, -0.2) is 0 Å². The first-order valence-corrected chi connectivity index (χ1v) is 8.82. The van der Waals surface area contributed by atoms with Crippen molar-refractivity contribution in [2.75, 3.05) is 13.1 Å². The molecule has 4 rings (SSSR count). The summed E-state index contributed by atoms with van der Waals surface area (Å²) in [5, 5.41) is 2.45. The van der Waals surface area contributed by atoms with Gasteiger partial charge in [-0.1, -0.05) is 24.3 Å². The van der Waals surface area contributed by atoms with Crippen LogP contribution in [0.1, 0.15) is 28.8 Å². The van der Waals surface area contributed by atoms with Gasteiger partial charge in [0, 0.05) is 48.8 Å². The summed E-state index contributed by atoms with van der Waals surface area (Å²) in [6.45, 7) is 1.65. The first-order valence-electron chi connectivity index (χ1n) is 8.82. The molecule has 0 unspecified atom stereocenters. The second-order valence-electron chi connectivity index (χ2n) is 6.72. The molecule has 3 aromatic rings. The summed E-state index contributed by atoms with van der Waals surface area (Å²) in [5.74, 6) is 0.593. The lowest BCUT2D eigenvalue weighted by Gasteiger charge is -2.33. The molecule has 0 spiro atoms. The summed E-state index contributed by atoms with van der Waals surface area (Å²) in [6, 6.07) is 12.0. The summed E-state index contributed by atoms with van der Waals surface area (Å²) in [4.78, 5) is 23.1. The molecule has 1 saturated heterocycles. The number of hydrogen-bond donors (Lipinski definition) is 0. The first-order chi connectivity index (χ1) is 12.3. The molecule has 1 amide bonds. The summed E-state index contributed by atoms with van der Waals surface area (Å²) in [5.41, 5.74) is 2.00. The van der Waals surface area contributed by atoms with Gasteiger partial charge in [-0.05, 0) is 48.3 Å². The molecule has 1 aliphatic heterocycles. The van der Waals surface area contributed by atoms with Crippen LogP contribution in [0, 0.1) is 5.92 Å². The summed E-state index contributed by atoms with van der Waals surface area (Å²) >= 11 is 0. The van der Waals surface area contributed by atoms with E-state index >= 15 is 0 Å². The number of pyridine rings is 2. The molecule has 0 radical (unpaired) electrons. The monoisotopic (exact) mass is 331 g/mol. The van der Waals surface area contributed by atoms with Crippen molar-refractivity contribution >= 4 is 16.7 Å². The molecule has 3 heterocycles. The Hall–Kier alpha value is -2.75. The molecule has 0 aliphatic carbocycles. The quantitative estimate of drug-likeness (QED) is 0.735. The van der Waals surface area contributed by atoms with Crippen molar-refractivity contribution in [2.45, 2.75) is 19.3 Å². The van der Waals surface area contributed by atoms with Crippen LogP contribution in [-0.4, -0.2) is 33.9 Å². The predicted octanol–water partition coefficient (Wildman–Crippen LogP) is 3.72. The lowest BCUT2D eigenvalue weighted by atomic mass is 9.90. The van der Waals surface area contributed by atoms with Gasteiger partial charge in [0.1, 0.15) is 0 Å². The minimum Gasteiger partial charge on any atom is -0.338 e. The third-order valence-electron chi connectivity index (χ3n) is 4.99. The van der Waals surface area contributed by atoms with Gasteiger partial charge in [0.25, 0.3) is 5.91 Å². The minimum atomic E-state index is 0.114. The fourth-order valence-corrected chi connectivity index (χ4v) is 3.75. The highest BCUT2D eigenvalue weighted by Crippen LogP contribution is 2.25. The molecular weight excluding hydrogens is 310 g/mol. The van der Waals surface area contributed by atoms with Crippen LogP contribution in [0.25, 0.3) is 10.8 Å². The van der Waals surface area contributed by atoms with E-state index < -0.39 is 0 Å². The summed E-state index contributed by atoms with van der Waals surface area (Å²) in [7, 11) is 0. The second kappa shape index (κ2) is 7.01. The Morgan fingerprint density at radius 3 is 2.80 bits per heavy atom. The maximum absolute atomic E-state index is 12.7. The molecule has 1 fully saturated rings. The van der Waals surface area contributed by atoms with Gasteiger partial charge in [-0.15, -0.1) is 0 Å². The maximum Gasteiger partial charge on any atom is 0.253 e. The Kier molecular flexibility index (Phi) is 4.42. The molecule has 4 nitrogen and oxygen atoms in total. The lowest BCUT2D eigenvalue weighted by molar-refractivity contribution is 0.0673. The number of nitrogens with zero attached hydrogens (tertiary/aromatic N) is 3. The standard InChI is InChI=1S/C21H21N3O/c25-21(17-7-9-22-10-8-17)24-11-3-4-16(15-24)12-19-14-23-13-18-5-1-2-6-20(18)19/h1-2,5-10,13-14,16H,3-4,11-12,15H2/t16-/m0/s1. The van der Waals surface area contributed by atoms with Crippen LogP contribution in [0.2, 0.25) is 0 Å². The van der Waals surface area contributed by atoms with Crippen molar-refractivity contribution < 1.29 is 4.79 Å². The van der Waals surface area contributed by atoms with E-state index in [0.29, 0.717) is 5.92 Å². The molecule has 0 N–H and O–H groups in total. The van der Waals surface area contributed by atoms with Crippen molar-refractivity contribution in [3.63, 3.8) is 0 Å². The predicted molar refractivity (Wildman–Crippen MR) is 98.3 cm³/mol. The average molecular weight is 331 g/mol. The highest BCUT2D eigenvalue weighted by molar-refractivity contribution is 5.94. The number of amides is 1. The maximum atomic E-state index is 12.7. The highest BCUT2D eigenvalue weighted by Gasteiger charge is 2.25. The minimum absolute atomic E-state index is 0.114. The van der Waals surface area contributed by atoms with Crippen LogP contribution in [0.3, 0.4) is 0 Å². The third-order valence-corrected chi connectivity index (χ3v) is 4.99. The van der Waals surface area contributed by atoms with Gasteiger partial charge in [-0.3, -0.25) is 14.8 Å². The van der Waals surface area contributed by atoms with Crippen LogP contribution >= 0.6 is 0 Å². The third kappa shape index (κ3) is 3.38. The number of piperidine rings is 1. The molecule has 25 heavy (non-hydrogen) atoms. The van der Waals surface area contributed by atoms with E-state index in [-0.39, 0.29) is 5.91 Å². The van der Waals surface area contributed by atoms with Crippen LogP contribution in [0.15, 0.2) is 61.2 Å². The lowest BCUT2D eigenvalue weighted by Crippen LogP contribution is -2.40. The number of carbonyl (C=O) groups is 1. The molecule has 0 bridgehead atoms. The van der Waals surface area contributed by atoms with Gasteiger partial charge in [0.15, 0.2) is 0 Å². The topological polar surface area (TPSA) is 46.1 Å². The number of fused-ring (bicyclic) bond motifs is 1. The van der Waals surface area contributed by atoms with Crippen molar-refractivity contribution in [3.05, 3.63) is 72.3 Å². The van der Waals surface area contributed by atoms with Gasteiger partial charge >= 0.3 is 0 Å². The fourth-order valence-electron chi connectivity index (χ4n) is 3.75. The van der Waals surface area contributed by atoms with Crippen LogP contribution in [-0.2, 0) is 6.42 Å². The Balaban J connectivity index is 1.51. The van der Waals surface area contributed by atoms with Gasteiger partial charge < -0.3 is 4.90 Å². The van der Waals surface area contributed by atoms with Crippen molar-refractivity contribution in [3.8, 4) is 0 Å². The number of benzene rings is 1. The molecule has 4 heteroatoms. The highest BCUT2D eigenvalue weighted by atomic mass is 16.2. The number of hydrogen-bond acceptors (Lipinski definition) is 3. The van der Waals surface area contributed by atoms with Gasteiger partial charge in [0.2, 0.25) is 0 Å². The molecule has 1 atom stereocenters. The number of carbonyl (C=O) groups excluding carboxylic acids is 1. The second-order valence-corrected chi connectivity index (χ2v) is 6.72. The number of aromatic nitrogens is 2. The molecule has 2 aromatic heterocycles. The van der Waals surface area contributed by atoms with Gasteiger partial charge in [-0.2, -0.15) is 0 Å². The Morgan fingerprint density at radius 1 is 1.08 bits per heavy atom. The van der Waals surface area contributed by atoms with Crippen molar-refractivity contribution in [1.82, 2.24) is 14.9 Å². The molecule has 126 valence electrons. The van der Waals surface area contributed by atoms with Crippen LogP contribution in [0.4, 0.5) is 0 Å². The zero-order valence-electron chi connectivity index (χ0n) is 14.1. The Bertz CT molecular complexity index is 873. The molecular formula is C21H21N3O. The number of likely N-dealkylation sites (tertiary alicyclic amines) is 1. The molecule has 1 aromatic carbocycles. The van der Waals surface area contributed by atoms with Crippen LogP contribution in [0.5, 0.6) is 0 Å². The van der Waals surface area contributed by atoms with Crippen molar-refractivity contribution in [1.29, 1.82) is 0 Å². The zero-order chi connectivity index (χ0) is 17.1. The first kappa shape index (κ1) is 15.8. The molecule has 1 aliphatic rings. The number of rotatable bonds is 3. The van der Waals surface area contributed by atoms with E-state index in [1.54, 1.807) is 24.5 Å². The fraction of sp³-hybridized carbons (Fsp3) is 0.286. The normalized spacial score (nSPS) is 17.6. The molecule has 0 saturated carbocycles. The van der Waals surface area contributed by atoms with Gasteiger partial charge in [0.05, 0.1) is 0 Å².